The van der Waals surface area contributed by atoms with Crippen molar-refractivity contribution < 1.29 is 0 Å². The molecule has 76 valence electrons. The maximum absolute atomic E-state index is 10.9. The fraction of sp³-hybridized carbons (Fsp3) is 0. The van der Waals surface area contributed by atoms with E-state index in [-0.39, 0.29) is 5.56 Å². The number of nitrogens with zero attached hydrogens (tertiary/aromatic N) is 2. The van der Waals surface area contributed by atoms with Crippen molar-refractivity contribution >= 4 is 23.5 Å². The topological polar surface area (TPSA) is 70.1 Å². The predicted molar refractivity (Wildman–Crippen MR) is 60.4 cm³/mol. The molecule has 5 nitrogen and oxygen atoms in total. The summed E-state index contributed by atoms with van der Waals surface area (Å²) in [6.07, 6.45) is 3.08. The molecule has 2 aromatic heterocycles. The third-order valence-corrected chi connectivity index (χ3v) is 2.38. The van der Waals surface area contributed by atoms with Crippen LogP contribution in [0.25, 0.3) is 0 Å². The number of nitrogens with one attached hydrogen (secondary N) is 2. The Morgan fingerprint density at radius 3 is 3.20 bits per heavy atom. The minimum Gasteiger partial charge on any atom is -0.291 e. The molecule has 0 aromatic carbocycles. The molecule has 0 radical (unpaired) electrons. The maximum atomic E-state index is 10.9. The quantitative estimate of drug-likeness (QED) is 0.604. The second-order valence-corrected chi connectivity index (χ2v) is 3.65. The van der Waals surface area contributed by atoms with Crippen molar-refractivity contribution in [1.82, 2.24) is 9.97 Å². The molecule has 0 spiro atoms. The van der Waals surface area contributed by atoms with E-state index < -0.39 is 0 Å². The summed E-state index contributed by atoms with van der Waals surface area (Å²) in [5.41, 5.74) is 2.42. The molecule has 0 unspecified atom stereocenters. The largest absolute Gasteiger partial charge is 0.291 e. The van der Waals surface area contributed by atoms with Gasteiger partial charge in [0.05, 0.1) is 6.21 Å². The van der Waals surface area contributed by atoms with Gasteiger partial charge in [-0.25, -0.2) is 10.4 Å². The van der Waals surface area contributed by atoms with E-state index >= 15 is 0 Å². The first-order chi connectivity index (χ1) is 7.34. The van der Waals surface area contributed by atoms with Gasteiger partial charge in [-0.3, -0.25) is 9.78 Å². The minimum absolute atomic E-state index is 0.209. The van der Waals surface area contributed by atoms with Gasteiger partial charge in [-0.15, -0.1) is 11.3 Å². The smallest absolute Gasteiger partial charge is 0.252 e. The lowest BCUT2D eigenvalue weighted by atomic mass is 10.5. The Morgan fingerprint density at radius 1 is 1.53 bits per heavy atom. The number of hydrazone groups is 1. The Kier molecular flexibility index (Phi) is 2.89. The molecule has 2 N–H and O–H groups in total. The molecule has 0 saturated heterocycles. The second kappa shape index (κ2) is 4.52. The van der Waals surface area contributed by atoms with E-state index in [0.29, 0.717) is 5.95 Å². The number of aromatic amines is 1. The number of hydrogen-bond donors (Lipinski definition) is 2. The Bertz CT molecular complexity index is 503. The van der Waals surface area contributed by atoms with Crippen LogP contribution in [0.5, 0.6) is 0 Å². The highest BCUT2D eigenvalue weighted by Crippen LogP contribution is 2.04. The Hall–Kier alpha value is -1.95. The fourth-order valence-corrected chi connectivity index (χ4v) is 1.53. The van der Waals surface area contributed by atoms with Crippen molar-refractivity contribution in [2.75, 3.05) is 5.43 Å². The van der Waals surface area contributed by atoms with Crippen LogP contribution in [0, 0.1) is 0 Å². The average Bonchev–Trinajstić information content (AvgIpc) is 2.71. The summed E-state index contributed by atoms with van der Waals surface area (Å²) < 4.78 is 0. The normalized spacial score (nSPS) is 10.7. The predicted octanol–water partition coefficient (Wildman–Crippen LogP) is 1.28. The summed E-state index contributed by atoms with van der Waals surface area (Å²) in [6, 6.07) is 5.22. The molecule has 2 heterocycles. The summed E-state index contributed by atoms with van der Waals surface area (Å²) in [7, 11) is 0. The molecule has 0 fully saturated rings. The zero-order chi connectivity index (χ0) is 10.5. The Morgan fingerprint density at radius 2 is 2.47 bits per heavy atom. The molecule has 0 atom stereocenters. The number of hydrogen-bond acceptors (Lipinski definition) is 5. The number of rotatable bonds is 3. The summed E-state index contributed by atoms with van der Waals surface area (Å²) in [5.74, 6) is 0.329. The molecule has 0 bridgehead atoms. The highest BCUT2D eigenvalue weighted by atomic mass is 32.1. The van der Waals surface area contributed by atoms with Crippen LogP contribution in [-0.2, 0) is 0 Å². The third kappa shape index (κ3) is 2.75. The van der Waals surface area contributed by atoms with Gasteiger partial charge in [0.2, 0.25) is 5.95 Å². The fourth-order valence-electron chi connectivity index (χ4n) is 0.949. The van der Waals surface area contributed by atoms with Crippen molar-refractivity contribution in [2.24, 2.45) is 5.10 Å². The maximum Gasteiger partial charge on any atom is 0.252 e. The molecule has 0 aliphatic heterocycles. The summed E-state index contributed by atoms with van der Waals surface area (Å²) in [4.78, 5) is 18.3. The molecule has 2 aromatic rings. The zero-order valence-electron chi connectivity index (χ0n) is 7.68. The molecular weight excluding hydrogens is 212 g/mol. The van der Waals surface area contributed by atoms with Crippen LogP contribution < -0.4 is 11.0 Å². The number of thiophene rings is 1. The van der Waals surface area contributed by atoms with Gasteiger partial charge in [0.1, 0.15) is 0 Å². The lowest BCUT2D eigenvalue weighted by molar-refractivity contribution is 1.08. The van der Waals surface area contributed by atoms with Gasteiger partial charge < -0.3 is 0 Å². The van der Waals surface area contributed by atoms with Crippen LogP contribution in [0.4, 0.5) is 5.95 Å². The van der Waals surface area contributed by atoms with E-state index in [9.17, 15) is 4.79 Å². The lowest BCUT2D eigenvalue weighted by Crippen LogP contribution is -2.07. The van der Waals surface area contributed by atoms with Crippen molar-refractivity contribution in [2.45, 2.75) is 0 Å². The first kappa shape index (κ1) is 9.60. The van der Waals surface area contributed by atoms with Gasteiger partial charge in [0, 0.05) is 17.1 Å². The molecular formula is C9H8N4OS. The SMILES string of the molecule is O=c1ccnc(N/N=C\c2cccs2)[nH]1. The van der Waals surface area contributed by atoms with Crippen LogP contribution in [-0.4, -0.2) is 16.2 Å². The number of anilines is 1. The molecule has 6 heteroatoms. The second-order valence-electron chi connectivity index (χ2n) is 2.67. The van der Waals surface area contributed by atoms with Gasteiger partial charge in [0.25, 0.3) is 5.56 Å². The van der Waals surface area contributed by atoms with Crippen LogP contribution in [0.1, 0.15) is 4.88 Å². The molecule has 0 saturated carbocycles. The van der Waals surface area contributed by atoms with Crippen LogP contribution in [0.2, 0.25) is 0 Å². The van der Waals surface area contributed by atoms with E-state index in [2.05, 4.69) is 20.5 Å². The molecule has 0 aliphatic rings. The highest BCUT2D eigenvalue weighted by Gasteiger charge is 1.90. The Balaban J connectivity index is 2.02. The van der Waals surface area contributed by atoms with Crippen molar-refractivity contribution in [1.29, 1.82) is 0 Å². The third-order valence-electron chi connectivity index (χ3n) is 1.58. The lowest BCUT2D eigenvalue weighted by Gasteiger charge is -1.95. The van der Waals surface area contributed by atoms with Gasteiger partial charge in [-0.05, 0) is 11.4 Å². The van der Waals surface area contributed by atoms with Crippen molar-refractivity contribution in [3.8, 4) is 0 Å². The van der Waals surface area contributed by atoms with E-state index in [1.165, 1.54) is 12.3 Å². The molecule has 2 rings (SSSR count). The van der Waals surface area contributed by atoms with Crippen LogP contribution in [0.15, 0.2) is 39.7 Å². The van der Waals surface area contributed by atoms with Gasteiger partial charge in [-0.2, -0.15) is 5.10 Å². The van der Waals surface area contributed by atoms with E-state index in [1.54, 1.807) is 17.6 Å². The first-order valence-electron chi connectivity index (χ1n) is 4.22. The summed E-state index contributed by atoms with van der Waals surface area (Å²) >= 11 is 1.58. The van der Waals surface area contributed by atoms with E-state index in [0.717, 1.165) is 4.88 Å². The zero-order valence-corrected chi connectivity index (χ0v) is 8.49. The van der Waals surface area contributed by atoms with Crippen molar-refractivity contribution in [3.63, 3.8) is 0 Å². The Labute approximate surface area is 89.5 Å². The van der Waals surface area contributed by atoms with Crippen molar-refractivity contribution in [3.05, 3.63) is 45.0 Å². The number of H-pyrrole nitrogens is 1. The van der Waals surface area contributed by atoms with Crippen LogP contribution in [0.3, 0.4) is 0 Å². The van der Waals surface area contributed by atoms with E-state index in [4.69, 9.17) is 0 Å². The highest BCUT2D eigenvalue weighted by molar-refractivity contribution is 7.11. The first-order valence-corrected chi connectivity index (χ1v) is 5.10. The molecule has 0 amide bonds. The van der Waals surface area contributed by atoms with Gasteiger partial charge >= 0.3 is 0 Å². The standard InChI is InChI=1S/C9H8N4OS/c14-8-3-4-10-9(12-8)13-11-6-7-2-1-5-15-7/h1-6H,(H2,10,12,13,14)/b11-6-. The molecule has 0 aliphatic carbocycles. The van der Waals surface area contributed by atoms with Crippen LogP contribution >= 0.6 is 11.3 Å². The minimum atomic E-state index is -0.209. The summed E-state index contributed by atoms with van der Waals surface area (Å²) in [5, 5.41) is 5.89. The molecule has 15 heavy (non-hydrogen) atoms. The number of aromatic nitrogens is 2. The van der Waals surface area contributed by atoms with E-state index in [1.807, 2.05) is 17.5 Å². The van der Waals surface area contributed by atoms with Gasteiger partial charge in [0.15, 0.2) is 0 Å². The average molecular weight is 220 g/mol. The summed E-state index contributed by atoms with van der Waals surface area (Å²) in [6.45, 7) is 0. The monoisotopic (exact) mass is 220 g/mol. The van der Waals surface area contributed by atoms with Gasteiger partial charge in [-0.1, -0.05) is 6.07 Å².